The van der Waals surface area contributed by atoms with Crippen LogP contribution in [0.15, 0.2) is 102 Å². The fourth-order valence-corrected chi connectivity index (χ4v) is 9.15. The molecule has 0 radical (unpaired) electrons. The third-order valence-electron chi connectivity index (χ3n) is 12.4. The summed E-state index contributed by atoms with van der Waals surface area (Å²) in [4.78, 5) is 24.6. The van der Waals surface area contributed by atoms with Crippen molar-refractivity contribution in [2.75, 3.05) is 60.7 Å². The summed E-state index contributed by atoms with van der Waals surface area (Å²) in [6, 6.07) is 27.7. The van der Waals surface area contributed by atoms with Crippen molar-refractivity contribution < 1.29 is 24.3 Å². The Labute approximate surface area is 369 Å². The second kappa shape index (κ2) is 23.9. The number of piperidine rings is 2. The highest BCUT2D eigenvalue weighted by Crippen LogP contribution is 2.31. The van der Waals surface area contributed by atoms with Gasteiger partial charge in [-0.05, 0) is 143 Å². The topological polar surface area (TPSA) is 114 Å². The molecule has 2 unspecified atom stereocenters. The first-order valence-corrected chi connectivity index (χ1v) is 22.8. The highest BCUT2D eigenvalue weighted by atomic mass is 16.6. The average Bonchev–Trinajstić information content (AvgIpc) is 3.33. The maximum absolute atomic E-state index is 9.86. The van der Waals surface area contributed by atoms with Crippen LogP contribution in [-0.2, 0) is 16.1 Å². The Bertz CT molecular complexity index is 2190. The van der Waals surface area contributed by atoms with Crippen LogP contribution in [0.4, 0.5) is 0 Å². The fourth-order valence-electron chi connectivity index (χ4n) is 9.15. The molecule has 3 aliphatic rings. The molecule has 2 aromatic heterocycles. The summed E-state index contributed by atoms with van der Waals surface area (Å²) in [5.74, 6) is 2.21. The number of hydrogen-bond donors (Lipinski definition) is 1. The number of nitrogens with zero attached hydrogens (tertiary/aromatic N) is 6. The second-order valence-corrected chi connectivity index (χ2v) is 16.3. The van der Waals surface area contributed by atoms with E-state index in [-0.39, 0.29) is 6.10 Å². The molecule has 1 N–H and O–H groups in total. The van der Waals surface area contributed by atoms with Gasteiger partial charge in [0, 0.05) is 72.5 Å². The van der Waals surface area contributed by atoms with Gasteiger partial charge in [0.25, 0.3) is 0 Å². The van der Waals surface area contributed by atoms with Crippen molar-refractivity contribution in [2.24, 2.45) is 22.1 Å². The zero-order valence-corrected chi connectivity index (χ0v) is 37.8. The van der Waals surface area contributed by atoms with E-state index in [0.717, 1.165) is 122 Å². The zero-order valence-electron chi connectivity index (χ0n) is 37.8. The first-order valence-electron chi connectivity index (χ1n) is 22.8. The van der Waals surface area contributed by atoms with E-state index in [4.69, 9.17) is 19.1 Å². The smallest absolute Gasteiger partial charge is 0.213 e. The molecule has 3 fully saturated rings. The normalized spacial score (nSPS) is 21.3. The lowest BCUT2D eigenvalue weighted by atomic mass is 9.85. The van der Waals surface area contributed by atoms with Crippen molar-refractivity contribution in [3.63, 3.8) is 0 Å². The van der Waals surface area contributed by atoms with Crippen molar-refractivity contribution in [3.8, 4) is 11.6 Å². The average molecular weight is 845 g/mol. The molecule has 1 saturated carbocycles. The lowest BCUT2D eigenvalue weighted by molar-refractivity contribution is 0.0586. The molecule has 0 bridgehead atoms. The third-order valence-corrected chi connectivity index (χ3v) is 12.4. The van der Waals surface area contributed by atoms with Gasteiger partial charge in [-0.3, -0.25) is 9.88 Å². The quantitative estimate of drug-likeness (QED) is 0.0915. The van der Waals surface area contributed by atoms with Crippen LogP contribution in [0.1, 0.15) is 88.8 Å². The van der Waals surface area contributed by atoms with Gasteiger partial charge in [0.15, 0.2) is 0 Å². The molecule has 11 heteroatoms. The molecule has 5 aromatic rings. The monoisotopic (exact) mass is 845 g/mol. The van der Waals surface area contributed by atoms with Gasteiger partial charge in [-0.25, -0.2) is 4.98 Å². The van der Waals surface area contributed by atoms with E-state index < -0.39 is 0 Å². The molecule has 2 aliphatic heterocycles. The second-order valence-electron chi connectivity index (χ2n) is 16.3. The Hall–Kier alpha value is -5.10. The first kappa shape index (κ1) is 46.4. The minimum absolute atomic E-state index is 0.109. The number of benzene rings is 3. The highest BCUT2D eigenvalue weighted by molar-refractivity contribution is 6.05. The number of methoxy groups -OCH3 is 2. The fraction of sp³-hybridized carbons (Fsp3) is 0.490. The van der Waals surface area contributed by atoms with E-state index in [9.17, 15) is 5.11 Å². The van der Waals surface area contributed by atoms with E-state index in [2.05, 4.69) is 84.7 Å². The minimum Gasteiger partial charge on any atom is -0.497 e. The number of likely N-dealkylation sites (tertiary alicyclic amines) is 2. The van der Waals surface area contributed by atoms with Gasteiger partial charge >= 0.3 is 0 Å². The Balaban J connectivity index is 0.000000199. The molecule has 4 heterocycles. The predicted molar refractivity (Wildman–Crippen MR) is 252 cm³/mol. The maximum Gasteiger partial charge on any atom is 0.213 e. The Morgan fingerprint density at radius 1 is 0.710 bits per heavy atom. The Kier molecular flexibility index (Phi) is 17.9. The molecule has 0 amide bonds. The van der Waals surface area contributed by atoms with Crippen LogP contribution < -0.4 is 9.47 Å². The van der Waals surface area contributed by atoms with Gasteiger partial charge in [-0.15, -0.1) is 0 Å². The van der Waals surface area contributed by atoms with Crippen LogP contribution >= 0.6 is 0 Å². The van der Waals surface area contributed by atoms with Crippen LogP contribution in [0.25, 0.3) is 21.7 Å². The van der Waals surface area contributed by atoms with Gasteiger partial charge in [0.05, 0.1) is 37.3 Å². The standard InChI is InChI=1S/C25H29N3O2.C24H33N3O3.C2H6/c1-29-24-8-7-20-16-22(6-5-21(20)17-24)25(27-30-2)23-4-3-14-28(18-23)15-11-19-9-12-26-13-10-19;1-3-30-26-24(18-6-12-22-17(15-18)7-13-23(25-22)29-2)19-5-4-14-27(16-19)20-8-10-21(28)11-9-20;1-2/h5-10,12-13,16-17,23H,3-4,11,14-15,18H2,1-2H3;6-7,12-13,15,19-21,28H,3-5,8-11,14,16H2,1-2H3;1-2H3/b27-25-;26-24-;. The van der Waals surface area contributed by atoms with Crippen molar-refractivity contribution in [1.29, 1.82) is 0 Å². The first-order chi connectivity index (χ1) is 30.4. The summed E-state index contributed by atoms with van der Waals surface area (Å²) >= 11 is 0. The van der Waals surface area contributed by atoms with Crippen LogP contribution in [0.2, 0.25) is 0 Å². The minimum atomic E-state index is -0.109. The Morgan fingerprint density at radius 2 is 1.37 bits per heavy atom. The highest BCUT2D eigenvalue weighted by Gasteiger charge is 2.32. The molecule has 332 valence electrons. The summed E-state index contributed by atoms with van der Waals surface area (Å²) in [6.45, 7) is 11.9. The maximum atomic E-state index is 9.86. The molecule has 11 nitrogen and oxygen atoms in total. The van der Waals surface area contributed by atoms with Crippen LogP contribution in [-0.4, -0.2) is 109 Å². The summed E-state index contributed by atoms with van der Waals surface area (Å²) < 4.78 is 10.6. The van der Waals surface area contributed by atoms with Gasteiger partial charge < -0.3 is 29.2 Å². The van der Waals surface area contributed by atoms with E-state index in [1.807, 2.05) is 57.4 Å². The summed E-state index contributed by atoms with van der Waals surface area (Å²) in [7, 11) is 4.97. The van der Waals surface area contributed by atoms with E-state index in [1.165, 1.54) is 23.8 Å². The summed E-state index contributed by atoms with van der Waals surface area (Å²) in [5, 5.41) is 22.3. The number of rotatable bonds is 13. The molecule has 3 aromatic carbocycles. The van der Waals surface area contributed by atoms with E-state index >= 15 is 0 Å². The van der Waals surface area contributed by atoms with Crippen LogP contribution in [0, 0.1) is 11.8 Å². The number of aliphatic hydroxyl groups excluding tert-OH is 1. The number of aromatic nitrogens is 2. The molecule has 0 spiro atoms. The molecule has 1 aliphatic carbocycles. The van der Waals surface area contributed by atoms with Crippen LogP contribution in [0.5, 0.6) is 11.6 Å². The van der Waals surface area contributed by atoms with Crippen molar-refractivity contribution in [2.45, 2.75) is 90.7 Å². The SMILES string of the molecule is CC.CCO/N=C(/c1ccc2nc(OC)ccc2c1)C1CCCN(C2CCC(O)CC2)C1.CO/N=C(/c1ccc2cc(OC)ccc2c1)C1CCCN(CCc2ccncc2)C1. The zero-order chi connectivity index (χ0) is 43.7. The summed E-state index contributed by atoms with van der Waals surface area (Å²) in [5.41, 5.74) is 6.58. The molecular weight excluding hydrogens is 777 g/mol. The largest absolute Gasteiger partial charge is 0.497 e. The molecule has 8 rings (SSSR count). The van der Waals surface area contributed by atoms with E-state index in [0.29, 0.717) is 30.4 Å². The van der Waals surface area contributed by atoms with Gasteiger partial charge in [-0.2, -0.15) is 0 Å². The van der Waals surface area contributed by atoms with Gasteiger partial charge in [-0.1, -0.05) is 48.4 Å². The van der Waals surface area contributed by atoms with Crippen molar-refractivity contribution >= 4 is 33.1 Å². The number of hydrogen-bond acceptors (Lipinski definition) is 11. The number of aliphatic hydroxyl groups is 1. The van der Waals surface area contributed by atoms with Crippen LogP contribution in [0.3, 0.4) is 0 Å². The number of pyridine rings is 2. The molecule has 2 atom stereocenters. The number of fused-ring (bicyclic) bond motifs is 2. The van der Waals surface area contributed by atoms with Crippen molar-refractivity contribution in [1.82, 2.24) is 19.8 Å². The lowest BCUT2D eigenvalue weighted by Gasteiger charge is -2.41. The Morgan fingerprint density at radius 3 is 2.10 bits per heavy atom. The predicted octanol–water partition coefficient (Wildman–Crippen LogP) is 9.57. The number of oxime groups is 2. The van der Waals surface area contributed by atoms with E-state index in [1.54, 1.807) is 21.3 Å². The number of ether oxygens (including phenoxy) is 2. The third kappa shape index (κ3) is 12.5. The van der Waals surface area contributed by atoms with Crippen molar-refractivity contribution in [3.05, 3.63) is 108 Å². The molecule has 2 saturated heterocycles. The van der Waals surface area contributed by atoms with Gasteiger partial charge in [0.1, 0.15) is 19.5 Å². The van der Waals surface area contributed by atoms with Gasteiger partial charge in [0.2, 0.25) is 5.88 Å². The lowest BCUT2D eigenvalue weighted by Crippen LogP contribution is -2.46. The molecular formula is C51H68N6O5. The summed E-state index contributed by atoms with van der Waals surface area (Å²) in [6.07, 6.45) is 13.3. The molecule has 62 heavy (non-hydrogen) atoms.